The maximum atomic E-state index is 11.6. The van der Waals surface area contributed by atoms with Gasteiger partial charge in [0, 0.05) is 5.56 Å². The van der Waals surface area contributed by atoms with Gasteiger partial charge in [0.25, 0.3) is 0 Å². The minimum atomic E-state index is -0.442. The van der Waals surface area contributed by atoms with Crippen LogP contribution in [0.25, 0.3) is 0 Å². The van der Waals surface area contributed by atoms with Gasteiger partial charge in [-0.25, -0.2) is 0 Å². The average Bonchev–Trinajstić information content (AvgIpc) is 2.83. The molecule has 0 spiro atoms. The lowest BCUT2D eigenvalue weighted by Gasteiger charge is -1.97. The Hall–Kier alpha value is -2.37. The van der Waals surface area contributed by atoms with Gasteiger partial charge in [0.15, 0.2) is 5.78 Å². The third kappa shape index (κ3) is 2.17. The van der Waals surface area contributed by atoms with Crippen molar-refractivity contribution in [3.63, 3.8) is 0 Å². The normalized spacial score (nSPS) is 10.0. The number of hydrogen-bond acceptors (Lipinski definition) is 5. The zero-order valence-electron chi connectivity index (χ0n) is 8.25. The number of rotatable bonds is 4. The predicted octanol–water partition coefficient (Wildman–Crippen LogP) is 0.655. The minimum absolute atomic E-state index is 0.0655. The smallest absolute Gasteiger partial charge is 0.240 e. The fourth-order valence-electron chi connectivity index (χ4n) is 1.23. The third-order valence-electron chi connectivity index (χ3n) is 2.01. The molecule has 0 aliphatic carbocycles. The molecule has 0 aliphatic rings. The van der Waals surface area contributed by atoms with Gasteiger partial charge < -0.3 is 0 Å². The van der Waals surface area contributed by atoms with Gasteiger partial charge in [-0.2, -0.15) is 5.21 Å². The largest absolute Gasteiger partial charge is 0.294 e. The summed E-state index contributed by atoms with van der Waals surface area (Å²) >= 11 is 0. The van der Waals surface area contributed by atoms with E-state index in [1.54, 1.807) is 30.3 Å². The summed E-state index contributed by atoms with van der Waals surface area (Å²) in [7, 11) is 0. The van der Waals surface area contributed by atoms with E-state index in [0.717, 1.165) is 0 Å². The molecule has 16 heavy (non-hydrogen) atoms. The minimum Gasteiger partial charge on any atom is -0.294 e. The van der Waals surface area contributed by atoms with Gasteiger partial charge in [-0.05, 0) is 5.21 Å². The van der Waals surface area contributed by atoms with E-state index in [2.05, 4.69) is 20.6 Å². The molecule has 2 aromatic rings. The molecule has 0 saturated carbocycles. The quantitative estimate of drug-likeness (QED) is 0.598. The topological polar surface area (TPSA) is 88.6 Å². The molecule has 1 heterocycles. The monoisotopic (exact) mass is 216 g/mol. The number of Topliss-reactive ketones (excluding diaryl/α,β-unsaturated/α-hetero) is 2. The van der Waals surface area contributed by atoms with Crippen molar-refractivity contribution in [3.05, 3.63) is 41.7 Å². The van der Waals surface area contributed by atoms with Crippen LogP contribution in [0.3, 0.4) is 0 Å². The number of aromatic amines is 1. The first-order valence-electron chi connectivity index (χ1n) is 4.62. The number of aromatic nitrogens is 4. The molecule has 0 saturated heterocycles. The first-order valence-corrected chi connectivity index (χ1v) is 4.62. The van der Waals surface area contributed by atoms with E-state index in [9.17, 15) is 9.59 Å². The SMILES string of the molecule is O=C(CC(=O)c1nn[nH]n1)c1ccccc1. The molecule has 0 aliphatic heterocycles. The van der Waals surface area contributed by atoms with Gasteiger partial charge in [-0.15, -0.1) is 10.2 Å². The van der Waals surface area contributed by atoms with Crippen molar-refractivity contribution >= 4 is 11.6 Å². The van der Waals surface area contributed by atoms with E-state index < -0.39 is 5.78 Å². The van der Waals surface area contributed by atoms with Gasteiger partial charge in [0.2, 0.25) is 11.6 Å². The van der Waals surface area contributed by atoms with E-state index in [1.807, 2.05) is 0 Å². The molecule has 6 heteroatoms. The molecule has 80 valence electrons. The molecule has 2 rings (SSSR count). The number of ketones is 2. The number of carbonyl (C=O) groups is 2. The highest BCUT2D eigenvalue weighted by molar-refractivity contribution is 6.12. The number of nitrogens with zero attached hydrogens (tertiary/aromatic N) is 3. The Bertz CT molecular complexity index is 493. The molecule has 0 amide bonds. The Kier molecular flexibility index (Phi) is 2.81. The Morgan fingerprint density at radius 3 is 2.50 bits per heavy atom. The molecule has 0 radical (unpaired) electrons. The van der Waals surface area contributed by atoms with Crippen molar-refractivity contribution < 1.29 is 9.59 Å². The molecular formula is C10H8N4O2. The maximum absolute atomic E-state index is 11.6. The van der Waals surface area contributed by atoms with Crippen LogP contribution in [-0.2, 0) is 0 Å². The second-order valence-corrected chi connectivity index (χ2v) is 3.12. The Morgan fingerprint density at radius 1 is 1.12 bits per heavy atom. The van der Waals surface area contributed by atoms with Gasteiger partial charge >= 0.3 is 0 Å². The molecule has 1 aromatic heterocycles. The third-order valence-corrected chi connectivity index (χ3v) is 2.01. The first kappa shape index (κ1) is 10.2. The van der Waals surface area contributed by atoms with E-state index in [1.165, 1.54) is 0 Å². The van der Waals surface area contributed by atoms with E-state index in [0.29, 0.717) is 5.56 Å². The number of tetrazole rings is 1. The standard InChI is InChI=1S/C10H8N4O2/c15-8(7-4-2-1-3-5-7)6-9(16)10-11-13-14-12-10/h1-5H,6H2,(H,11,12,13,14). The molecule has 1 N–H and O–H groups in total. The summed E-state index contributed by atoms with van der Waals surface area (Å²) in [6.07, 6.45) is -0.246. The molecule has 0 fully saturated rings. The van der Waals surface area contributed by atoms with Crippen LogP contribution in [0.4, 0.5) is 0 Å². The average molecular weight is 216 g/mol. The Labute approximate surface area is 90.7 Å². The molecule has 0 atom stereocenters. The highest BCUT2D eigenvalue weighted by Crippen LogP contribution is 2.05. The summed E-state index contributed by atoms with van der Waals surface area (Å²) < 4.78 is 0. The number of benzene rings is 1. The predicted molar refractivity (Wildman–Crippen MR) is 53.9 cm³/mol. The van der Waals surface area contributed by atoms with Crippen molar-refractivity contribution in [2.75, 3.05) is 0 Å². The summed E-state index contributed by atoms with van der Waals surface area (Å²) in [4.78, 5) is 23.1. The lowest BCUT2D eigenvalue weighted by molar-refractivity contribution is 0.0888. The summed E-state index contributed by atoms with van der Waals surface area (Å²) in [5, 5.41) is 12.4. The summed E-state index contributed by atoms with van der Waals surface area (Å²) in [6.45, 7) is 0. The molecular weight excluding hydrogens is 208 g/mol. The van der Waals surface area contributed by atoms with Crippen molar-refractivity contribution in [1.29, 1.82) is 0 Å². The van der Waals surface area contributed by atoms with Crippen molar-refractivity contribution in [3.8, 4) is 0 Å². The van der Waals surface area contributed by atoms with Crippen LogP contribution < -0.4 is 0 Å². The molecule has 1 aromatic carbocycles. The van der Waals surface area contributed by atoms with E-state index in [4.69, 9.17) is 0 Å². The van der Waals surface area contributed by atoms with Crippen LogP contribution in [0.1, 0.15) is 27.4 Å². The number of H-pyrrole nitrogens is 1. The number of nitrogens with one attached hydrogen (secondary N) is 1. The summed E-state index contributed by atoms with van der Waals surface area (Å²) in [5.41, 5.74) is 0.499. The van der Waals surface area contributed by atoms with Gasteiger partial charge in [-0.3, -0.25) is 9.59 Å². The number of hydrogen-bond donors (Lipinski definition) is 1. The maximum Gasteiger partial charge on any atom is 0.240 e. The highest BCUT2D eigenvalue weighted by atomic mass is 16.1. The van der Waals surface area contributed by atoms with Crippen LogP contribution in [0.2, 0.25) is 0 Å². The fraction of sp³-hybridized carbons (Fsp3) is 0.100. The van der Waals surface area contributed by atoms with Crippen molar-refractivity contribution in [2.24, 2.45) is 0 Å². The molecule has 6 nitrogen and oxygen atoms in total. The summed E-state index contributed by atoms with van der Waals surface area (Å²) in [5.74, 6) is -0.762. The van der Waals surface area contributed by atoms with Crippen LogP contribution >= 0.6 is 0 Å². The highest BCUT2D eigenvalue weighted by Gasteiger charge is 2.16. The molecule has 0 unspecified atom stereocenters. The van der Waals surface area contributed by atoms with E-state index >= 15 is 0 Å². The van der Waals surface area contributed by atoms with Crippen molar-refractivity contribution in [2.45, 2.75) is 6.42 Å². The second kappa shape index (κ2) is 4.43. The summed E-state index contributed by atoms with van der Waals surface area (Å²) in [6, 6.07) is 8.60. The zero-order chi connectivity index (χ0) is 11.4. The molecule has 0 bridgehead atoms. The van der Waals surface area contributed by atoms with Crippen LogP contribution in [0.15, 0.2) is 30.3 Å². The lowest BCUT2D eigenvalue weighted by atomic mass is 10.1. The second-order valence-electron chi connectivity index (χ2n) is 3.12. The van der Waals surface area contributed by atoms with Crippen LogP contribution in [0, 0.1) is 0 Å². The zero-order valence-corrected chi connectivity index (χ0v) is 8.25. The van der Waals surface area contributed by atoms with Crippen LogP contribution in [-0.4, -0.2) is 32.2 Å². The lowest BCUT2D eigenvalue weighted by Crippen LogP contribution is -2.10. The van der Waals surface area contributed by atoms with E-state index in [-0.39, 0.29) is 18.0 Å². The van der Waals surface area contributed by atoms with Crippen molar-refractivity contribution in [1.82, 2.24) is 20.6 Å². The van der Waals surface area contributed by atoms with Gasteiger partial charge in [0.05, 0.1) is 6.42 Å². The fourth-order valence-corrected chi connectivity index (χ4v) is 1.23. The van der Waals surface area contributed by atoms with Gasteiger partial charge in [0.1, 0.15) is 0 Å². The van der Waals surface area contributed by atoms with Gasteiger partial charge in [-0.1, -0.05) is 30.3 Å². The Balaban J connectivity index is 2.06. The first-order chi connectivity index (χ1) is 7.77. The Morgan fingerprint density at radius 2 is 1.88 bits per heavy atom. The van der Waals surface area contributed by atoms with Crippen LogP contribution in [0.5, 0.6) is 0 Å². The number of carbonyl (C=O) groups excluding carboxylic acids is 2.